The predicted molar refractivity (Wildman–Crippen MR) is 58.6 cm³/mol. The second-order valence-corrected chi connectivity index (χ2v) is 3.85. The highest BCUT2D eigenvalue weighted by Gasteiger charge is 2.17. The summed E-state index contributed by atoms with van der Waals surface area (Å²) in [6, 6.07) is 0.457. The fraction of sp³-hybridized carbons (Fsp3) is 0.727. The van der Waals surface area contributed by atoms with E-state index in [-0.39, 0.29) is 6.42 Å². The Morgan fingerprint density at radius 1 is 1.53 bits per heavy atom. The van der Waals surface area contributed by atoms with Crippen molar-refractivity contribution in [1.29, 1.82) is 0 Å². The minimum absolute atomic E-state index is 0.199. The van der Waals surface area contributed by atoms with Crippen molar-refractivity contribution in [1.82, 2.24) is 10.2 Å². The zero-order valence-electron chi connectivity index (χ0n) is 8.91. The van der Waals surface area contributed by atoms with E-state index in [2.05, 4.69) is 16.1 Å². The van der Waals surface area contributed by atoms with Gasteiger partial charge in [0, 0.05) is 25.7 Å². The van der Waals surface area contributed by atoms with E-state index in [4.69, 9.17) is 11.5 Å². The first kappa shape index (κ1) is 12.0. The largest absolute Gasteiger partial charge is 0.481 e. The van der Waals surface area contributed by atoms with Gasteiger partial charge in [-0.05, 0) is 12.8 Å². The topological polar surface area (TPSA) is 52.6 Å². The van der Waals surface area contributed by atoms with Crippen molar-refractivity contribution < 1.29 is 9.90 Å². The molecule has 1 aliphatic heterocycles. The predicted octanol–water partition coefficient (Wildman–Crippen LogP) is 0.148. The number of rotatable bonds is 5. The summed E-state index contributed by atoms with van der Waals surface area (Å²) < 4.78 is 0. The Labute approximate surface area is 90.6 Å². The van der Waals surface area contributed by atoms with Crippen LogP contribution in [0.4, 0.5) is 0 Å². The smallest absolute Gasteiger partial charge is 0.304 e. The van der Waals surface area contributed by atoms with Gasteiger partial charge in [-0.15, -0.1) is 6.42 Å². The Morgan fingerprint density at radius 2 is 2.20 bits per heavy atom. The molecule has 4 nitrogen and oxygen atoms in total. The molecular formula is C11H18N2O2. The molecule has 2 N–H and O–H groups in total. The molecular weight excluding hydrogens is 192 g/mol. The first-order valence-corrected chi connectivity index (χ1v) is 5.33. The fourth-order valence-corrected chi connectivity index (χ4v) is 1.81. The third-order valence-corrected chi connectivity index (χ3v) is 2.67. The van der Waals surface area contributed by atoms with Gasteiger partial charge in [0.05, 0.1) is 13.0 Å². The van der Waals surface area contributed by atoms with E-state index in [9.17, 15) is 4.79 Å². The van der Waals surface area contributed by atoms with Gasteiger partial charge in [-0.3, -0.25) is 9.69 Å². The van der Waals surface area contributed by atoms with E-state index in [1.165, 1.54) is 0 Å². The quantitative estimate of drug-likeness (QED) is 0.634. The van der Waals surface area contributed by atoms with Crippen LogP contribution in [-0.2, 0) is 4.79 Å². The van der Waals surface area contributed by atoms with Crippen molar-refractivity contribution in [2.24, 2.45) is 0 Å². The first-order valence-electron chi connectivity index (χ1n) is 5.33. The van der Waals surface area contributed by atoms with E-state index in [1.807, 2.05) is 0 Å². The van der Waals surface area contributed by atoms with Crippen LogP contribution >= 0.6 is 0 Å². The minimum atomic E-state index is -0.743. The molecule has 0 unspecified atom stereocenters. The van der Waals surface area contributed by atoms with Crippen molar-refractivity contribution in [3.63, 3.8) is 0 Å². The van der Waals surface area contributed by atoms with Crippen LogP contribution < -0.4 is 5.32 Å². The van der Waals surface area contributed by atoms with Gasteiger partial charge in [0.25, 0.3) is 0 Å². The number of carboxylic acid groups (broad SMARTS) is 1. The Balaban J connectivity index is 2.10. The molecule has 0 atom stereocenters. The number of carbonyl (C=O) groups is 1. The standard InChI is InChI=1S/C11H18N2O2/c1-2-7-13-8-4-10(5-9-13)12-6-3-11(14)15/h1,10,12H,3-9H2,(H,14,15). The lowest BCUT2D eigenvalue weighted by molar-refractivity contribution is -0.136. The zero-order chi connectivity index (χ0) is 11.1. The van der Waals surface area contributed by atoms with Crippen molar-refractivity contribution in [3.05, 3.63) is 0 Å². The van der Waals surface area contributed by atoms with E-state index in [0.717, 1.165) is 32.5 Å². The van der Waals surface area contributed by atoms with Gasteiger partial charge < -0.3 is 10.4 Å². The van der Waals surface area contributed by atoms with Crippen LogP contribution in [0.15, 0.2) is 0 Å². The van der Waals surface area contributed by atoms with Gasteiger partial charge in [0.15, 0.2) is 0 Å². The van der Waals surface area contributed by atoms with Crippen molar-refractivity contribution in [3.8, 4) is 12.3 Å². The molecule has 0 aromatic heterocycles. The van der Waals surface area contributed by atoms with E-state index >= 15 is 0 Å². The zero-order valence-corrected chi connectivity index (χ0v) is 8.91. The number of likely N-dealkylation sites (tertiary alicyclic amines) is 1. The monoisotopic (exact) mass is 210 g/mol. The van der Waals surface area contributed by atoms with Gasteiger partial charge in [0.1, 0.15) is 0 Å². The van der Waals surface area contributed by atoms with Gasteiger partial charge >= 0.3 is 5.97 Å². The lowest BCUT2D eigenvalue weighted by atomic mass is 10.1. The molecule has 0 aliphatic carbocycles. The van der Waals surface area contributed by atoms with Crippen LogP contribution in [0.1, 0.15) is 19.3 Å². The first-order chi connectivity index (χ1) is 7.22. The average Bonchev–Trinajstić information content (AvgIpc) is 2.20. The second kappa shape index (κ2) is 6.44. The van der Waals surface area contributed by atoms with Crippen LogP contribution in [0.5, 0.6) is 0 Å². The highest BCUT2D eigenvalue weighted by atomic mass is 16.4. The summed E-state index contributed by atoms with van der Waals surface area (Å²) in [4.78, 5) is 12.6. The average molecular weight is 210 g/mol. The molecule has 4 heteroatoms. The molecule has 0 amide bonds. The summed E-state index contributed by atoms with van der Waals surface area (Å²) in [5, 5.41) is 11.7. The van der Waals surface area contributed by atoms with Gasteiger partial charge in [0.2, 0.25) is 0 Å². The summed E-state index contributed by atoms with van der Waals surface area (Å²) in [6.07, 6.45) is 7.55. The highest BCUT2D eigenvalue weighted by Crippen LogP contribution is 2.09. The molecule has 1 fully saturated rings. The molecule has 0 aromatic carbocycles. The Kier molecular flexibility index (Phi) is 5.16. The molecule has 1 saturated heterocycles. The van der Waals surface area contributed by atoms with Gasteiger partial charge in [-0.2, -0.15) is 0 Å². The lowest BCUT2D eigenvalue weighted by Gasteiger charge is -2.31. The fourth-order valence-electron chi connectivity index (χ4n) is 1.81. The van der Waals surface area contributed by atoms with Gasteiger partial charge in [-0.25, -0.2) is 0 Å². The normalized spacial score (nSPS) is 18.6. The van der Waals surface area contributed by atoms with Crippen molar-refractivity contribution >= 4 is 5.97 Å². The summed E-state index contributed by atoms with van der Waals surface area (Å²) in [5.41, 5.74) is 0. The summed E-state index contributed by atoms with van der Waals surface area (Å²) in [5.74, 6) is 1.89. The van der Waals surface area contributed by atoms with Crippen LogP contribution in [-0.4, -0.2) is 48.2 Å². The van der Waals surface area contributed by atoms with Crippen molar-refractivity contribution in [2.45, 2.75) is 25.3 Å². The Bertz CT molecular complexity index is 239. The number of nitrogens with zero attached hydrogens (tertiary/aromatic N) is 1. The van der Waals surface area contributed by atoms with E-state index < -0.39 is 5.97 Å². The molecule has 84 valence electrons. The maximum atomic E-state index is 10.3. The van der Waals surface area contributed by atoms with Crippen LogP contribution in [0.3, 0.4) is 0 Å². The molecule has 1 aliphatic rings. The maximum Gasteiger partial charge on any atom is 0.304 e. The third kappa shape index (κ3) is 4.82. The van der Waals surface area contributed by atoms with Crippen LogP contribution in [0.2, 0.25) is 0 Å². The molecule has 0 aromatic rings. The molecule has 1 heterocycles. The molecule has 0 saturated carbocycles. The number of carboxylic acids is 1. The number of nitrogens with one attached hydrogen (secondary N) is 1. The molecule has 0 radical (unpaired) electrons. The molecule has 0 bridgehead atoms. The summed E-state index contributed by atoms with van der Waals surface area (Å²) in [6.45, 7) is 3.31. The Hall–Kier alpha value is -1.05. The third-order valence-electron chi connectivity index (χ3n) is 2.67. The summed E-state index contributed by atoms with van der Waals surface area (Å²) >= 11 is 0. The van der Waals surface area contributed by atoms with Crippen LogP contribution in [0.25, 0.3) is 0 Å². The number of aliphatic carboxylic acids is 1. The molecule has 15 heavy (non-hydrogen) atoms. The van der Waals surface area contributed by atoms with Crippen molar-refractivity contribution in [2.75, 3.05) is 26.2 Å². The maximum absolute atomic E-state index is 10.3. The highest BCUT2D eigenvalue weighted by molar-refractivity contribution is 5.66. The van der Waals surface area contributed by atoms with E-state index in [0.29, 0.717) is 12.6 Å². The van der Waals surface area contributed by atoms with Gasteiger partial charge in [-0.1, -0.05) is 5.92 Å². The number of terminal acetylenes is 1. The number of hydrogen-bond acceptors (Lipinski definition) is 3. The number of piperidine rings is 1. The molecule has 1 rings (SSSR count). The SMILES string of the molecule is C#CCN1CCC(NCCC(=O)O)CC1. The lowest BCUT2D eigenvalue weighted by Crippen LogP contribution is -2.43. The minimum Gasteiger partial charge on any atom is -0.481 e. The van der Waals surface area contributed by atoms with Crippen LogP contribution in [0, 0.1) is 12.3 Å². The van der Waals surface area contributed by atoms with E-state index in [1.54, 1.807) is 0 Å². The Morgan fingerprint density at radius 3 is 2.73 bits per heavy atom. The second-order valence-electron chi connectivity index (χ2n) is 3.85. The summed E-state index contributed by atoms with van der Waals surface area (Å²) in [7, 11) is 0. The molecule has 0 spiro atoms. The number of hydrogen-bond donors (Lipinski definition) is 2.